The molecule has 0 amide bonds. The summed E-state index contributed by atoms with van der Waals surface area (Å²) < 4.78 is 5.39. The van der Waals surface area contributed by atoms with Crippen LogP contribution in [0.2, 0.25) is 0 Å². The number of nitro groups is 1. The highest BCUT2D eigenvalue weighted by Gasteiger charge is 2.12. The Hall–Kier alpha value is -2.15. The maximum Gasteiger partial charge on any atom is 0.295 e. The normalized spacial score (nSPS) is 12.6. The number of fused-ring (bicyclic) bond motifs is 1. The number of hydrogen-bond acceptors (Lipinski definition) is 6. The van der Waals surface area contributed by atoms with E-state index in [9.17, 15) is 10.1 Å². The highest BCUT2D eigenvalue weighted by molar-refractivity contribution is 5.77. The van der Waals surface area contributed by atoms with Crippen molar-refractivity contribution in [3.8, 4) is 0 Å². The largest absolute Gasteiger partial charge is 0.424 e. The minimum absolute atomic E-state index is 0.0121. The summed E-state index contributed by atoms with van der Waals surface area (Å²) in [6, 6.07) is 4.56. The number of aliphatic hydroxyl groups is 1. The van der Waals surface area contributed by atoms with E-state index >= 15 is 0 Å². The summed E-state index contributed by atoms with van der Waals surface area (Å²) in [6.45, 7) is 1.95. The lowest BCUT2D eigenvalue weighted by atomic mass is 10.2. The van der Waals surface area contributed by atoms with Crippen molar-refractivity contribution < 1.29 is 14.4 Å². The number of hydrogen-bond donors (Lipinski definition) is 2. The lowest BCUT2D eigenvalue weighted by Gasteiger charge is -2.08. The first-order valence-corrected chi connectivity index (χ1v) is 5.52. The number of nitrogens with zero attached hydrogens (tertiary/aromatic N) is 2. The van der Waals surface area contributed by atoms with Crippen molar-refractivity contribution in [2.45, 2.75) is 19.4 Å². The first-order chi connectivity index (χ1) is 8.60. The van der Waals surface area contributed by atoms with Gasteiger partial charge < -0.3 is 14.8 Å². The highest BCUT2D eigenvalue weighted by atomic mass is 16.6. The minimum atomic E-state index is -0.477. The Kier molecular flexibility index (Phi) is 3.42. The van der Waals surface area contributed by atoms with Gasteiger partial charge in [0.15, 0.2) is 5.58 Å². The van der Waals surface area contributed by atoms with Crippen molar-refractivity contribution in [2.75, 3.05) is 11.9 Å². The monoisotopic (exact) mass is 251 g/mol. The Morgan fingerprint density at radius 3 is 3.06 bits per heavy atom. The van der Waals surface area contributed by atoms with Gasteiger partial charge in [-0.05, 0) is 19.4 Å². The number of nitrogens with one attached hydrogen (secondary N) is 1. The molecule has 1 atom stereocenters. The molecule has 0 radical (unpaired) electrons. The van der Waals surface area contributed by atoms with Crippen molar-refractivity contribution in [3.05, 3.63) is 28.3 Å². The molecule has 2 rings (SSSR count). The molecule has 0 bridgehead atoms. The Balaban J connectivity index is 2.24. The lowest BCUT2D eigenvalue weighted by Crippen LogP contribution is -2.16. The Morgan fingerprint density at radius 1 is 1.61 bits per heavy atom. The first kappa shape index (κ1) is 12.3. The molecular weight excluding hydrogens is 238 g/mol. The summed E-state index contributed by atoms with van der Waals surface area (Å²) in [5, 5.41) is 22.4. The number of aliphatic hydroxyl groups excluding tert-OH is 1. The van der Waals surface area contributed by atoms with Gasteiger partial charge in [-0.25, -0.2) is 0 Å². The van der Waals surface area contributed by atoms with Crippen molar-refractivity contribution >= 4 is 22.8 Å². The van der Waals surface area contributed by atoms with Crippen LogP contribution >= 0.6 is 0 Å². The third-order valence-electron chi connectivity index (χ3n) is 2.51. The highest BCUT2D eigenvalue weighted by Crippen LogP contribution is 2.23. The molecule has 0 aliphatic heterocycles. The first-order valence-electron chi connectivity index (χ1n) is 5.52. The van der Waals surface area contributed by atoms with E-state index in [4.69, 9.17) is 9.52 Å². The average Bonchev–Trinajstić information content (AvgIpc) is 2.69. The Morgan fingerprint density at radius 2 is 2.39 bits per heavy atom. The number of rotatable bonds is 5. The molecule has 96 valence electrons. The zero-order valence-corrected chi connectivity index (χ0v) is 9.79. The molecule has 7 nitrogen and oxygen atoms in total. The molecule has 1 aromatic carbocycles. The van der Waals surface area contributed by atoms with Gasteiger partial charge in [-0.2, -0.15) is 4.98 Å². The molecule has 1 heterocycles. The molecule has 2 aromatic rings. The van der Waals surface area contributed by atoms with Crippen LogP contribution in [0.1, 0.15) is 13.3 Å². The van der Waals surface area contributed by atoms with Gasteiger partial charge in [0.05, 0.1) is 4.92 Å². The van der Waals surface area contributed by atoms with Gasteiger partial charge in [0, 0.05) is 24.8 Å². The molecule has 1 aromatic heterocycles. The molecule has 0 saturated carbocycles. The number of aromatic nitrogens is 1. The second-order valence-corrected chi connectivity index (χ2v) is 3.99. The van der Waals surface area contributed by atoms with Gasteiger partial charge >= 0.3 is 0 Å². The fourth-order valence-electron chi connectivity index (χ4n) is 1.57. The number of anilines is 1. The molecule has 18 heavy (non-hydrogen) atoms. The van der Waals surface area contributed by atoms with E-state index in [-0.39, 0.29) is 18.3 Å². The quantitative estimate of drug-likeness (QED) is 0.621. The van der Waals surface area contributed by atoms with Crippen molar-refractivity contribution in [3.63, 3.8) is 0 Å². The molecule has 0 aliphatic rings. The van der Waals surface area contributed by atoms with Crippen LogP contribution in [0.3, 0.4) is 0 Å². The van der Waals surface area contributed by atoms with E-state index in [0.717, 1.165) is 0 Å². The molecule has 0 aliphatic carbocycles. The third kappa shape index (κ3) is 2.57. The zero-order chi connectivity index (χ0) is 13.1. The van der Waals surface area contributed by atoms with Gasteiger partial charge in [0.1, 0.15) is 5.52 Å². The third-order valence-corrected chi connectivity index (χ3v) is 2.51. The smallest absolute Gasteiger partial charge is 0.295 e. The van der Waals surface area contributed by atoms with Gasteiger partial charge in [-0.15, -0.1) is 0 Å². The lowest BCUT2D eigenvalue weighted by molar-refractivity contribution is -0.384. The van der Waals surface area contributed by atoms with Crippen LogP contribution in [0.25, 0.3) is 11.1 Å². The number of non-ortho nitro benzene ring substituents is 1. The van der Waals surface area contributed by atoms with Crippen molar-refractivity contribution in [1.29, 1.82) is 0 Å². The van der Waals surface area contributed by atoms with Gasteiger partial charge in [0.25, 0.3) is 11.7 Å². The average molecular weight is 251 g/mol. The maximum atomic E-state index is 10.6. The van der Waals surface area contributed by atoms with E-state index < -0.39 is 4.92 Å². The van der Waals surface area contributed by atoms with Crippen LogP contribution < -0.4 is 5.32 Å². The SMILES string of the molecule is CC(CCO)Nc1nc2cc([N+](=O)[O-])ccc2o1. The standard InChI is InChI=1S/C11H13N3O4/c1-7(4-5-15)12-11-13-9-6-8(14(16)17)2-3-10(9)18-11/h2-3,6-7,15H,4-5H2,1H3,(H,12,13). The molecule has 7 heteroatoms. The number of benzene rings is 1. The second kappa shape index (κ2) is 5.01. The Labute approximate surface area is 103 Å². The van der Waals surface area contributed by atoms with Crippen molar-refractivity contribution in [1.82, 2.24) is 4.98 Å². The summed E-state index contributed by atoms with van der Waals surface area (Å²) in [4.78, 5) is 14.3. The van der Waals surface area contributed by atoms with Crippen LogP contribution in [-0.4, -0.2) is 27.7 Å². The predicted molar refractivity (Wildman–Crippen MR) is 65.5 cm³/mol. The fraction of sp³-hybridized carbons (Fsp3) is 0.364. The summed E-state index contributed by atoms with van der Waals surface area (Å²) in [5.74, 6) is 0. The van der Waals surface area contributed by atoms with Gasteiger partial charge in [-0.3, -0.25) is 10.1 Å². The Bertz CT molecular complexity index is 566. The van der Waals surface area contributed by atoms with Crippen LogP contribution in [-0.2, 0) is 0 Å². The number of nitro benzene ring substituents is 1. The molecule has 0 spiro atoms. The van der Waals surface area contributed by atoms with E-state index in [2.05, 4.69) is 10.3 Å². The van der Waals surface area contributed by atoms with Gasteiger partial charge in [0.2, 0.25) is 0 Å². The van der Waals surface area contributed by atoms with Crippen molar-refractivity contribution in [2.24, 2.45) is 0 Å². The summed E-state index contributed by atoms with van der Waals surface area (Å²) in [5.41, 5.74) is 0.896. The van der Waals surface area contributed by atoms with Gasteiger partial charge in [-0.1, -0.05) is 0 Å². The molecule has 0 fully saturated rings. The molecule has 0 saturated heterocycles. The molecular formula is C11H13N3O4. The fourth-order valence-corrected chi connectivity index (χ4v) is 1.57. The van der Waals surface area contributed by atoms with Crippen LogP contribution in [0, 0.1) is 10.1 Å². The molecule has 2 N–H and O–H groups in total. The van der Waals surface area contributed by atoms with E-state index in [0.29, 0.717) is 23.5 Å². The zero-order valence-electron chi connectivity index (χ0n) is 9.79. The summed E-state index contributed by atoms with van der Waals surface area (Å²) >= 11 is 0. The van der Waals surface area contributed by atoms with E-state index in [1.807, 2.05) is 6.92 Å². The van der Waals surface area contributed by atoms with E-state index in [1.54, 1.807) is 0 Å². The summed E-state index contributed by atoms with van der Waals surface area (Å²) in [7, 11) is 0. The number of oxazole rings is 1. The van der Waals surface area contributed by atoms with Crippen LogP contribution in [0.4, 0.5) is 11.7 Å². The summed E-state index contributed by atoms with van der Waals surface area (Å²) in [6.07, 6.45) is 0.568. The minimum Gasteiger partial charge on any atom is -0.424 e. The topological polar surface area (TPSA) is 101 Å². The van der Waals surface area contributed by atoms with Crippen LogP contribution in [0.5, 0.6) is 0 Å². The molecule has 1 unspecified atom stereocenters. The predicted octanol–water partition coefficient (Wildman–Crippen LogP) is 1.92. The second-order valence-electron chi connectivity index (χ2n) is 3.99. The van der Waals surface area contributed by atoms with Crippen LogP contribution in [0.15, 0.2) is 22.6 Å². The van der Waals surface area contributed by atoms with E-state index in [1.165, 1.54) is 18.2 Å². The maximum absolute atomic E-state index is 10.6.